The van der Waals surface area contributed by atoms with Gasteiger partial charge in [0.1, 0.15) is 11.6 Å². The minimum absolute atomic E-state index is 0.0155. The normalized spacial score (nSPS) is 11.0. The molecule has 1 aromatic heterocycles. The number of nitrogens with one attached hydrogen (secondary N) is 1. The zero-order chi connectivity index (χ0) is 28.1. The first kappa shape index (κ1) is 25.9. The Hall–Kier alpha value is -5.71. The number of para-hydroxylation sites is 2. The van der Waals surface area contributed by atoms with Crippen molar-refractivity contribution in [2.75, 3.05) is 11.9 Å². The maximum atomic E-state index is 13.9. The van der Waals surface area contributed by atoms with Gasteiger partial charge in [0.05, 0.1) is 27.7 Å². The van der Waals surface area contributed by atoms with Gasteiger partial charge in [0.15, 0.2) is 12.4 Å². The molecule has 198 valence electrons. The van der Waals surface area contributed by atoms with Crippen LogP contribution in [0.5, 0.6) is 5.75 Å². The molecule has 0 aliphatic carbocycles. The van der Waals surface area contributed by atoms with Crippen molar-refractivity contribution >= 4 is 34.4 Å². The minimum atomic E-state index is -0.646. The van der Waals surface area contributed by atoms with Gasteiger partial charge in [-0.15, -0.1) is 0 Å². The lowest BCUT2D eigenvalue weighted by atomic mass is 10.2. The number of non-ortho nitro benzene ring substituents is 1. The number of nitro groups is 1. The van der Waals surface area contributed by atoms with Crippen molar-refractivity contribution in [2.45, 2.75) is 0 Å². The summed E-state index contributed by atoms with van der Waals surface area (Å²) >= 11 is 0. The maximum absolute atomic E-state index is 13.9. The second-order valence-corrected chi connectivity index (χ2v) is 8.48. The topological polar surface area (TPSA) is 129 Å². The van der Waals surface area contributed by atoms with Crippen molar-refractivity contribution in [1.82, 2.24) is 9.66 Å². The molecule has 10 nitrogen and oxygen atoms in total. The van der Waals surface area contributed by atoms with Gasteiger partial charge in [-0.1, -0.05) is 54.6 Å². The van der Waals surface area contributed by atoms with E-state index in [9.17, 15) is 24.1 Å². The van der Waals surface area contributed by atoms with Gasteiger partial charge in [-0.2, -0.15) is 9.78 Å². The number of hydrogen-bond acceptors (Lipinski definition) is 7. The molecule has 0 aliphatic heterocycles. The summed E-state index contributed by atoms with van der Waals surface area (Å²) in [6.45, 7) is -0.514. The van der Waals surface area contributed by atoms with Crippen LogP contribution in [0, 0.1) is 15.9 Å². The van der Waals surface area contributed by atoms with Crippen LogP contribution in [0.25, 0.3) is 22.3 Å². The van der Waals surface area contributed by atoms with E-state index in [4.69, 9.17) is 4.74 Å². The molecule has 0 unspecified atom stereocenters. The average Bonchev–Trinajstić information content (AvgIpc) is 2.97. The number of carbonyl (C=O) groups excluding carboxylic acids is 1. The van der Waals surface area contributed by atoms with Crippen LogP contribution in [0.4, 0.5) is 15.8 Å². The molecule has 0 saturated carbocycles. The summed E-state index contributed by atoms with van der Waals surface area (Å²) in [7, 11) is 0. The number of nitrogens with zero attached hydrogens (tertiary/aromatic N) is 4. The van der Waals surface area contributed by atoms with Gasteiger partial charge >= 0.3 is 0 Å². The highest BCUT2D eigenvalue weighted by Gasteiger charge is 2.15. The molecule has 1 amide bonds. The Morgan fingerprint density at radius 2 is 1.75 bits per heavy atom. The third-order valence-corrected chi connectivity index (χ3v) is 5.81. The highest BCUT2D eigenvalue weighted by atomic mass is 19.1. The number of benzene rings is 4. The molecule has 0 spiro atoms. The third kappa shape index (κ3) is 5.58. The van der Waals surface area contributed by atoms with E-state index < -0.39 is 28.8 Å². The SMILES string of the molecule is O=C(COc1ccc([N+](=O)[O-])cc1C=Nn1c(-c2ccccc2)nc2ccccc2c1=O)Nc1ccccc1F. The summed E-state index contributed by atoms with van der Waals surface area (Å²) in [4.78, 5) is 41.2. The van der Waals surface area contributed by atoms with Crippen molar-refractivity contribution in [1.29, 1.82) is 0 Å². The van der Waals surface area contributed by atoms with Crippen molar-refractivity contribution in [3.8, 4) is 17.1 Å². The zero-order valence-corrected chi connectivity index (χ0v) is 20.7. The standard InChI is InChI=1S/C29H20FN5O5/c30-23-11-5-7-13-25(23)32-27(36)18-40-26-15-14-21(35(38)39)16-20(26)17-31-34-28(19-8-2-1-3-9-19)33-24-12-6-4-10-22(24)29(34)37/h1-17H,18H2,(H,32,36). The Morgan fingerprint density at radius 1 is 1.02 bits per heavy atom. The quantitative estimate of drug-likeness (QED) is 0.168. The lowest BCUT2D eigenvalue weighted by Gasteiger charge is -2.11. The predicted molar refractivity (Wildman–Crippen MR) is 148 cm³/mol. The van der Waals surface area contributed by atoms with Gasteiger partial charge < -0.3 is 10.1 Å². The van der Waals surface area contributed by atoms with Crippen molar-refractivity contribution < 1.29 is 18.8 Å². The first-order chi connectivity index (χ1) is 19.4. The number of hydrogen-bond donors (Lipinski definition) is 1. The molecule has 4 aromatic carbocycles. The lowest BCUT2D eigenvalue weighted by Crippen LogP contribution is -2.21. The molecule has 0 aliphatic rings. The molecule has 5 aromatic rings. The molecule has 0 radical (unpaired) electrons. The van der Waals surface area contributed by atoms with Crippen molar-refractivity contribution in [2.24, 2.45) is 5.10 Å². The molecule has 11 heteroatoms. The number of aromatic nitrogens is 2. The third-order valence-electron chi connectivity index (χ3n) is 5.81. The largest absolute Gasteiger partial charge is 0.483 e. The molecule has 1 heterocycles. The molecule has 1 N–H and O–H groups in total. The van der Waals surface area contributed by atoms with Crippen LogP contribution in [0.3, 0.4) is 0 Å². The number of nitro benzene ring substituents is 1. The highest BCUT2D eigenvalue weighted by molar-refractivity contribution is 5.92. The van der Waals surface area contributed by atoms with E-state index >= 15 is 0 Å². The zero-order valence-electron chi connectivity index (χ0n) is 20.7. The van der Waals surface area contributed by atoms with Crippen LogP contribution in [0.2, 0.25) is 0 Å². The van der Waals surface area contributed by atoms with E-state index in [2.05, 4.69) is 15.4 Å². The van der Waals surface area contributed by atoms with Crippen LogP contribution >= 0.6 is 0 Å². The number of amides is 1. The van der Waals surface area contributed by atoms with E-state index in [1.165, 1.54) is 42.6 Å². The van der Waals surface area contributed by atoms with Crippen molar-refractivity contribution in [3.63, 3.8) is 0 Å². The van der Waals surface area contributed by atoms with E-state index in [0.29, 0.717) is 16.5 Å². The fraction of sp³-hybridized carbons (Fsp3) is 0.0345. The minimum Gasteiger partial charge on any atom is -0.483 e. The summed E-state index contributed by atoms with van der Waals surface area (Å²) in [5.74, 6) is -0.908. The summed E-state index contributed by atoms with van der Waals surface area (Å²) in [6, 6.07) is 25.2. The van der Waals surface area contributed by atoms with E-state index in [1.807, 2.05) is 6.07 Å². The van der Waals surface area contributed by atoms with Crippen LogP contribution < -0.4 is 15.6 Å². The second-order valence-electron chi connectivity index (χ2n) is 8.48. The van der Waals surface area contributed by atoms with Gasteiger partial charge in [0.2, 0.25) is 0 Å². The Labute approximate surface area is 226 Å². The molecule has 0 bridgehead atoms. The molecule has 0 atom stereocenters. The predicted octanol–water partition coefficient (Wildman–Crippen LogP) is 5.01. The summed E-state index contributed by atoms with van der Waals surface area (Å²) in [5, 5.41) is 18.5. The average molecular weight is 538 g/mol. The fourth-order valence-corrected chi connectivity index (χ4v) is 3.90. The van der Waals surface area contributed by atoms with Gasteiger partial charge in [0, 0.05) is 23.3 Å². The molecule has 40 heavy (non-hydrogen) atoms. The fourth-order valence-electron chi connectivity index (χ4n) is 3.90. The summed E-state index contributed by atoms with van der Waals surface area (Å²) < 4.78 is 20.6. The van der Waals surface area contributed by atoms with Crippen LogP contribution in [0.15, 0.2) is 107 Å². The number of anilines is 1. The van der Waals surface area contributed by atoms with Gasteiger partial charge in [-0.25, -0.2) is 9.37 Å². The van der Waals surface area contributed by atoms with E-state index in [0.717, 1.165) is 4.68 Å². The lowest BCUT2D eigenvalue weighted by molar-refractivity contribution is -0.384. The maximum Gasteiger partial charge on any atom is 0.282 e. The van der Waals surface area contributed by atoms with Crippen molar-refractivity contribution in [3.05, 3.63) is 129 Å². The van der Waals surface area contributed by atoms with Crippen LogP contribution in [-0.2, 0) is 4.79 Å². The summed E-state index contributed by atoms with van der Waals surface area (Å²) in [6.07, 6.45) is 1.22. The summed E-state index contributed by atoms with van der Waals surface area (Å²) in [5.41, 5.74) is 0.529. The van der Waals surface area contributed by atoms with Crippen LogP contribution in [0.1, 0.15) is 5.56 Å². The van der Waals surface area contributed by atoms with E-state index in [-0.39, 0.29) is 28.5 Å². The first-order valence-corrected chi connectivity index (χ1v) is 12.0. The Kier molecular flexibility index (Phi) is 7.36. The molecular weight excluding hydrogens is 517 g/mol. The van der Waals surface area contributed by atoms with Gasteiger partial charge in [-0.05, 0) is 30.3 Å². The Balaban J connectivity index is 1.51. The molecule has 0 saturated heterocycles. The van der Waals surface area contributed by atoms with Crippen LogP contribution in [-0.4, -0.2) is 33.3 Å². The molecule has 5 rings (SSSR count). The number of rotatable bonds is 8. The number of ether oxygens (including phenoxy) is 1. The Bertz CT molecular complexity index is 1820. The molecular formula is C29H20FN5O5. The van der Waals surface area contributed by atoms with E-state index in [1.54, 1.807) is 54.6 Å². The number of carbonyl (C=O) groups is 1. The second kappa shape index (κ2) is 11.4. The molecule has 0 fully saturated rings. The first-order valence-electron chi connectivity index (χ1n) is 12.0. The number of fused-ring (bicyclic) bond motifs is 1. The smallest absolute Gasteiger partial charge is 0.282 e. The monoisotopic (exact) mass is 537 g/mol. The van der Waals surface area contributed by atoms with Gasteiger partial charge in [0.25, 0.3) is 17.2 Å². The Morgan fingerprint density at radius 3 is 2.52 bits per heavy atom. The highest BCUT2D eigenvalue weighted by Crippen LogP contribution is 2.24. The number of halogens is 1. The van der Waals surface area contributed by atoms with Gasteiger partial charge in [-0.3, -0.25) is 19.7 Å².